The minimum Gasteiger partial charge on any atom is -0.367 e. The van der Waals surface area contributed by atoms with Gasteiger partial charge in [0.25, 0.3) is 0 Å². The van der Waals surface area contributed by atoms with E-state index in [-0.39, 0.29) is 11.7 Å². The molecule has 1 amide bonds. The Bertz CT molecular complexity index is 220. The number of H-pyrrole nitrogens is 1. The van der Waals surface area contributed by atoms with Gasteiger partial charge in [0.2, 0.25) is 5.91 Å². The summed E-state index contributed by atoms with van der Waals surface area (Å²) in [6.45, 7) is 0.572. The van der Waals surface area contributed by atoms with Gasteiger partial charge in [0.15, 0.2) is 0 Å². The second-order valence-corrected chi connectivity index (χ2v) is 2.47. The molecule has 60 valence electrons. The molecule has 1 aromatic rings. The van der Waals surface area contributed by atoms with Crippen molar-refractivity contribution < 1.29 is 4.79 Å². The molecular formula is C7H10N2OS. The highest BCUT2D eigenvalue weighted by Crippen LogP contribution is 1.94. The third-order valence-electron chi connectivity index (χ3n) is 1.30. The van der Waals surface area contributed by atoms with Crippen molar-refractivity contribution >= 4 is 18.5 Å². The Hall–Kier alpha value is -0.900. The summed E-state index contributed by atoms with van der Waals surface area (Å²) in [5, 5.41) is 2.70. The summed E-state index contributed by atoms with van der Waals surface area (Å²) in [4.78, 5) is 13.6. The van der Waals surface area contributed by atoms with Crippen LogP contribution in [-0.2, 0) is 11.3 Å². The fourth-order valence-electron chi connectivity index (χ4n) is 0.725. The third-order valence-corrected chi connectivity index (χ3v) is 1.58. The second kappa shape index (κ2) is 4.08. The van der Waals surface area contributed by atoms with Crippen molar-refractivity contribution in [3.05, 3.63) is 24.0 Å². The van der Waals surface area contributed by atoms with Gasteiger partial charge in [-0.2, -0.15) is 12.6 Å². The van der Waals surface area contributed by atoms with Gasteiger partial charge in [-0.1, -0.05) is 0 Å². The maximum atomic E-state index is 10.7. The Morgan fingerprint density at radius 1 is 1.73 bits per heavy atom. The molecule has 0 atom stereocenters. The van der Waals surface area contributed by atoms with E-state index in [4.69, 9.17) is 0 Å². The molecule has 0 saturated carbocycles. The number of hydrogen-bond acceptors (Lipinski definition) is 2. The van der Waals surface area contributed by atoms with E-state index in [9.17, 15) is 4.79 Å². The van der Waals surface area contributed by atoms with Gasteiger partial charge in [-0.3, -0.25) is 4.79 Å². The van der Waals surface area contributed by atoms with E-state index in [0.717, 1.165) is 5.56 Å². The normalized spacial score (nSPS) is 9.55. The monoisotopic (exact) mass is 170 g/mol. The van der Waals surface area contributed by atoms with Crippen LogP contribution in [0.3, 0.4) is 0 Å². The van der Waals surface area contributed by atoms with Crippen LogP contribution in [0, 0.1) is 0 Å². The van der Waals surface area contributed by atoms with Crippen molar-refractivity contribution in [1.29, 1.82) is 0 Å². The summed E-state index contributed by atoms with van der Waals surface area (Å²) in [6.07, 6.45) is 3.67. The lowest BCUT2D eigenvalue weighted by Crippen LogP contribution is -2.23. The van der Waals surface area contributed by atoms with Gasteiger partial charge >= 0.3 is 0 Å². The average Bonchev–Trinajstić information content (AvgIpc) is 2.52. The maximum absolute atomic E-state index is 10.7. The van der Waals surface area contributed by atoms with Gasteiger partial charge in [0, 0.05) is 18.9 Å². The molecule has 1 rings (SSSR count). The van der Waals surface area contributed by atoms with E-state index in [2.05, 4.69) is 22.9 Å². The largest absolute Gasteiger partial charge is 0.367 e. The number of nitrogens with one attached hydrogen (secondary N) is 2. The Morgan fingerprint density at radius 2 is 2.55 bits per heavy atom. The smallest absolute Gasteiger partial charge is 0.229 e. The highest BCUT2D eigenvalue weighted by atomic mass is 32.1. The predicted molar refractivity (Wildman–Crippen MR) is 46.5 cm³/mol. The molecule has 1 heterocycles. The van der Waals surface area contributed by atoms with E-state index >= 15 is 0 Å². The van der Waals surface area contributed by atoms with Crippen molar-refractivity contribution in [3.63, 3.8) is 0 Å². The first-order chi connectivity index (χ1) is 5.33. The number of aromatic amines is 1. The molecule has 0 saturated heterocycles. The molecule has 1 aromatic heterocycles. The number of aromatic nitrogens is 1. The molecule has 3 nitrogen and oxygen atoms in total. The van der Waals surface area contributed by atoms with Crippen LogP contribution in [0.15, 0.2) is 18.5 Å². The van der Waals surface area contributed by atoms with Crippen molar-refractivity contribution in [1.82, 2.24) is 10.3 Å². The summed E-state index contributed by atoms with van der Waals surface area (Å²) in [5.74, 6) is 0.194. The van der Waals surface area contributed by atoms with Crippen LogP contribution >= 0.6 is 12.6 Å². The van der Waals surface area contributed by atoms with E-state index in [1.165, 1.54) is 0 Å². The molecule has 0 aliphatic rings. The van der Waals surface area contributed by atoms with Crippen LogP contribution in [0.25, 0.3) is 0 Å². The van der Waals surface area contributed by atoms with Gasteiger partial charge < -0.3 is 10.3 Å². The first kappa shape index (κ1) is 8.20. The Morgan fingerprint density at radius 3 is 3.09 bits per heavy atom. The van der Waals surface area contributed by atoms with Crippen LogP contribution in [0.2, 0.25) is 0 Å². The summed E-state index contributed by atoms with van der Waals surface area (Å²) in [5.41, 5.74) is 1.07. The molecule has 0 fully saturated rings. The van der Waals surface area contributed by atoms with Crippen LogP contribution < -0.4 is 5.32 Å². The van der Waals surface area contributed by atoms with Crippen molar-refractivity contribution in [2.75, 3.05) is 5.75 Å². The number of hydrogen-bond donors (Lipinski definition) is 3. The van der Waals surface area contributed by atoms with Crippen molar-refractivity contribution in [3.8, 4) is 0 Å². The van der Waals surface area contributed by atoms with Gasteiger partial charge in [-0.05, 0) is 11.6 Å². The Labute approximate surface area is 70.6 Å². The SMILES string of the molecule is O=C(CS)NCc1cc[nH]c1. The quantitative estimate of drug-likeness (QED) is 0.570. The zero-order chi connectivity index (χ0) is 8.10. The van der Waals surface area contributed by atoms with E-state index in [1.54, 1.807) is 0 Å². The molecule has 0 radical (unpaired) electrons. The highest BCUT2D eigenvalue weighted by molar-refractivity contribution is 7.81. The summed E-state index contributed by atoms with van der Waals surface area (Å²) < 4.78 is 0. The Balaban J connectivity index is 2.29. The number of amides is 1. The zero-order valence-electron chi connectivity index (χ0n) is 6.00. The van der Waals surface area contributed by atoms with E-state index in [0.29, 0.717) is 6.54 Å². The van der Waals surface area contributed by atoms with Gasteiger partial charge in [-0.15, -0.1) is 0 Å². The van der Waals surface area contributed by atoms with Gasteiger partial charge in [-0.25, -0.2) is 0 Å². The Kier molecular flexibility index (Phi) is 3.04. The van der Waals surface area contributed by atoms with Crippen molar-refractivity contribution in [2.24, 2.45) is 0 Å². The molecule has 0 aromatic carbocycles. The van der Waals surface area contributed by atoms with Gasteiger partial charge in [0.05, 0.1) is 5.75 Å². The maximum Gasteiger partial charge on any atom is 0.229 e. The van der Waals surface area contributed by atoms with E-state index in [1.807, 2.05) is 18.5 Å². The zero-order valence-corrected chi connectivity index (χ0v) is 6.90. The molecule has 0 spiro atoms. The van der Waals surface area contributed by atoms with Gasteiger partial charge in [0.1, 0.15) is 0 Å². The molecular weight excluding hydrogens is 160 g/mol. The predicted octanol–water partition coefficient (Wildman–Crippen LogP) is 0.561. The molecule has 0 aliphatic heterocycles. The fraction of sp³-hybridized carbons (Fsp3) is 0.286. The second-order valence-electron chi connectivity index (χ2n) is 2.15. The van der Waals surface area contributed by atoms with E-state index < -0.39 is 0 Å². The average molecular weight is 170 g/mol. The first-order valence-corrected chi connectivity index (χ1v) is 3.95. The topological polar surface area (TPSA) is 44.9 Å². The lowest BCUT2D eigenvalue weighted by atomic mass is 10.3. The summed E-state index contributed by atoms with van der Waals surface area (Å²) in [7, 11) is 0. The van der Waals surface area contributed by atoms with Crippen LogP contribution in [-0.4, -0.2) is 16.6 Å². The lowest BCUT2D eigenvalue weighted by Gasteiger charge is -1.98. The number of rotatable bonds is 3. The molecule has 2 N–H and O–H groups in total. The fourth-order valence-corrected chi connectivity index (χ4v) is 0.837. The molecule has 11 heavy (non-hydrogen) atoms. The number of thiol groups is 1. The highest BCUT2D eigenvalue weighted by Gasteiger charge is 1.96. The molecule has 0 unspecified atom stereocenters. The number of carbonyl (C=O) groups is 1. The minimum absolute atomic E-state index is 0.0467. The van der Waals surface area contributed by atoms with Crippen LogP contribution in [0.5, 0.6) is 0 Å². The molecule has 0 bridgehead atoms. The standard InChI is InChI=1S/C7H10N2OS/c10-7(5-11)9-4-6-1-2-8-3-6/h1-3,8,11H,4-5H2,(H,9,10). The number of carbonyl (C=O) groups excluding carboxylic acids is 1. The van der Waals surface area contributed by atoms with Crippen molar-refractivity contribution in [2.45, 2.75) is 6.54 Å². The summed E-state index contributed by atoms with van der Waals surface area (Å²) in [6, 6.07) is 1.92. The third kappa shape index (κ3) is 2.67. The first-order valence-electron chi connectivity index (χ1n) is 3.32. The summed E-state index contributed by atoms with van der Waals surface area (Å²) >= 11 is 3.83. The van der Waals surface area contributed by atoms with Crippen LogP contribution in [0.4, 0.5) is 0 Å². The lowest BCUT2D eigenvalue weighted by molar-refractivity contribution is -0.118. The minimum atomic E-state index is -0.0467. The molecule has 0 aliphatic carbocycles. The molecule has 4 heteroatoms. The van der Waals surface area contributed by atoms with Crippen LogP contribution in [0.1, 0.15) is 5.56 Å².